The summed E-state index contributed by atoms with van der Waals surface area (Å²) in [5, 5.41) is 11.6. The molecule has 2 rings (SSSR count). The molecule has 0 spiro atoms. The molecule has 1 aromatic carbocycles. The molecule has 1 atom stereocenters. The van der Waals surface area contributed by atoms with Crippen molar-refractivity contribution >= 4 is 17.3 Å². The highest BCUT2D eigenvalue weighted by Crippen LogP contribution is 2.34. The molecule has 14 heavy (non-hydrogen) atoms. The van der Waals surface area contributed by atoms with Crippen molar-refractivity contribution in [3.8, 4) is 5.75 Å². The van der Waals surface area contributed by atoms with Crippen molar-refractivity contribution in [3.63, 3.8) is 0 Å². The Kier molecular flexibility index (Phi) is 1.92. The molecule has 1 aliphatic heterocycles. The Balaban J connectivity index is 2.31. The minimum absolute atomic E-state index is 0.0938. The molecule has 5 nitrogen and oxygen atoms in total. The van der Waals surface area contributed by atoms with E-state index in [1.54, 1.807) is 18.2 Å². The normalized spacial score (nSPS) is 19.0. The molecule has 74 valence electrons. The summed E-state index contributed by atoms with van der Waals surface area (Å²) in [6.07, 6.45) is 0. The number of anilines is 2. The van der Waals surface area contributed by atoms with Gasteiger partial charge in [-0.2, -0.15) is 0 Å². The number of carbonyl (C=O) groups is 1. The number of carboxylic acid groups (broad SMARTS) is 1. The van der Waals surface area contributed by atoms with E-state index in [0.29, 0.717) is 17.1 Å². The van der Waals surface area contributed by atoms with E-state index in [9.17, 15) is 4.79 Å². The molecule has 5 heteroatoms. The molecule has 0 aliphatic carbocycles. The lowest BCUT2D eigenvalue weighted by Crippen LogP contribution is -2.38. The lowest BCUT2D eigenvalue weighted by molar-refractivity contribution is -0.138. The number of para-hydroxylation sites is 1. The van der Waals surface area contributed by atoms with Crippen LogP contribution in [0.2, 0.25) is 0 Å². The number of benzene rings is 1. The molecule has 0 amide bonds. The van der Waals surface area contributed by atoms with Gasteiger partial charge in [-0.15, -0.1) is 0 Å². The van der Waals surface area contributed by atoms with E-state index < -0.39 is 12.0 Å². The van der Waals surface area contributed by atoms with Crippen LogP contribution in [0.4, 0.5) is 11.4 Å². The number of ether oxygens (including phenoxy) is 1. The van der Waals surface area contributed by atoms with Crippen LogP contribution in [0.3, 0.4) is 0 Å². The SMILES string of the molecule is Nc1cccc2c1OCC(C(=O)O)N2. The molecular formula is C9H10N2O3. The third-order valence-corrected chi connectivity index (χ3v) is 2.07. The van der Waals surface area contributed by atoms with Crippen LogP contribution in [0.15, 0.2) is 18.2 Å². The number of hydrogen-bond acceptors (Lipinski definition) is 4. The summed E-state index contributed by atoms with van der Waals surface area (Å²) < 4.78 is 5.26. The number of fused-ring (bicyclic) bond motifs is 1. The van der Waals surface area contributed by atoms with Gasteiger partial charge in [-0.05, 0) is 12.1 Å². The zero-order chi connectivity index (χ0) is 10.1. The monoisotopic (exact) mass is 194 g/mol. The molecular weight excluding hydrogens is 184 g/mol. The molecule has 1 aromatic rings. The minimum Gasteiger partial charge on any atom is -0.486 e. The summed E-state index contributed by atoms with van der Waals surface area (Å²) in [6, 6.07) is 4.49. The molecule has 0 saturated heterocycles. The van der Waals surface area contributed by atoms with Crippen molar-refractivity contribution in [1.29, 1.82) is 0 Å². The maximum Gasteiger partial charge on any atom is 0.329 e. The first kappa shape index (κ1) is 8.68. The maximum atomic E-state index is 10.7. The summed E-state index contributed by atoms with van der Waals surface area (Å²) in [5.41, 5.74) is 6.79. The Hall–Kier alpha value is -1.91. The average molecular weight is 194 g/mol. The topological polar surface area (TPSA) is 84.6 Å². The first-order chi connectivity index (χ1) is 6.68. The summed E-state index contributed by atoms with van der Waals surface area (Å²) in [6.45, 7) is 0.0938. The molecule has 0 radical (unpaired) electrons. The lowest BCUT2D eigenvalue weighted by Gasteiger charge is -2.25. The van der Waals surface area contributed by atoms with Gasteiger partial charge in [0, 0.05) is 0 Å². The summed E-state index contributed by atoms with van der Waals surface area (Å²) >= 11 is 0. The number of rotatable bonds is 1. The van der Waals surface area contributed by atoms with Crippen LogP contribution in [-0.2, 0) is 4.79 Å². The largest absolute Gasteiger partial charge is 0.486 e. The molecule has 1 unspecified atom stereocenters. The fraction of sp³-hybridized carbons (Fsp3) is 0.222. The smallest absolute Gasteiger partial charge is 0.329 e. The predicted molar refractivity (Wildman–Crippen MR) is 51.4 cm³/mol. The third-order valence-electron chi connectivity index (χ3n) is 2.07. The maximum absolute atomic E-state index is 10.7. The van der Waals surface area contributed by atoms with Crippen LogP contribution in [0.5, 0.6) is 5.75 Å². The van der Waals surface area contributed by atoms with Crippen LogP contribution < -0.4 is 15.8 Å². The highest BCUT2D eigenvalue weighted by molar-refractivity contribution is 5.81. The quantitative estimate of drug-likeness (QED) is 0.568. The molecule has 0 fully saturated rings. The summed E-state index contributed by atoms with van der Waals surface area (Å²) in [7, 11) is 0. The fourth-order valence-corrected chi connectivity index (χ4v) is 1.36. The van der Waals surface area contributed by atoms with Crippen LogP contribution in [-0.4, -0.2) is 23.7 Å². The first-order valence-corrected chi connectivity index (χ1v) is 4.19. The highest BCUT2D eigenvalue weighted by atomic mass is 16.5. The highest BCUT2D eigenvalue weighted by Gasteiger charge is 2.25. The molecule has 1 aliphatic rings. The van der Waals surface area contributed by atoms with Gasteiger partial charge in [0.1, 0.15) is 6.61 Å². The van der Waals surface area contributed by atoms with Crippen LogP contribution in [0.25, 0.3) is 0 Å². The number of nitrogens with two attached hydrogens (primary N) is 1. The molecule has 0 saturated carbocycles. The summed E-state index contributed by atoms with van der Waals surface area (Å²) in [5.74, 6) is -0.400. The zero-order valence-electron chi connectivity index (χ0n) is 7.36. The lowest BCUT2D eigenvalue weighted by atomic mass is 10.2. The van der Waals surface area contributed by atoms with Gasteiger partial charge in [0.25, 0.3) is 0 Å². The van der Waals surface area contributed by atoms with Gasteiger partial charge in [0.2, 0.25) is 0 Å². The van der Waals surface area contributed by atoms with E-state index in [-0.39, 0.29) is 6.61 Å². The summed E-state index contributed by atoms with van der Waals surface area (Å²) in [4.78, 5) is 10.7. The van der Waals surface area contributed by atoms with Crippen molar-refractivity contribution in [1.82, 2.24) is 0 Å². The fourth-order valence-electron chi connectivity index (χ4n) is 1.36. The molecule has 4 N–H and O–H groups in total. The number of carboxylic acids is 1. The number of hydrogen-bond donors (Lipinski definition) is 3. The Morgan fingerprint density at radius 3 is 3.14 bits per heavy atom. The Morgan fingerprint density at radius 1 is 1.64 bits per heavy atom. The van der Waals surface area contributed by atoms with E-state index in [1.807, 2.05) is 0 Å². The first-order valence-electron chi connectivity index (χ1n) is 4.19. The van der Waals surface area contributed by atoms with Crippen molar-refractivity contribution < 1.29 is 14.6 Å². The second-order valence-electron chi connectivity index (χ2n) is 3.07. The Morgan fingerprint density at radius 2 is 2.43 bits per heavy atom. The second kappa shape index (κ2) is 3.10. The van der Waals surface area contributed by atoms with Crippen molar-refractivity contribution in [2.45, 2.75) is 6.04 Å². The van der Waals surface area contributed by atoms with Crippen molar-refractivity contribution in [2.24, 2.45) is 0 Å². The van der Waals surface area contributed by atoms with E-state index in [0.717, 1.165) is 0 Å². The van der Waals surface area contributed by atoms with E-state index in [4.69, 9.17) is 15.6 Å². The van der Waals surface area contributed by atoms with Gasteiger partial charge in [0.15, 0.2) is 11.8 Å². The van der Waals surface area contributed by atoms with Crippen molar-refractivity contribution in [3.05, 3.63) is 18.2 Å². The average Bonchev–Trinajstić information content (AvgIpc) is 2.17. The Bertz CT molecular complexity index is 378. The second-order valence-corrected chi connectivity index (χ2v) is 3.07. The van der Waals surface area contributed by atoms with Gasteiger partial charge < -0.3 is 20.9 Å². The van der Waals surface area contributed by atoms with Crippen LogP contribution in [0, 0.1) is 0 Å². The molecule has 0 aromatic heterocycles. The van der Waals surface area contributed by atoms with Gasteiger partial charge in [-0.1, -0.05) is 6.07 Å². The van der Waals surface area contributed by atoms with Crippen molar-refractivity contribution in [2.75, 3.05) is 17.7 Å². The van der Waals surface area contributed by atoms with E-state index >= 15 is 0 Å². The van der Waals surface area contributed by atoms with Gasteiger partial charge >= 0.3 is 5.97 Å². The van der Waals surface area contributed by atoms with Gasteiger partial charge in [0.05, 0.1) is 11.4 Å². The predicted octanol–water partition coefficient (Wildman–Crippen LogP) is 0.526. The van der Waals surface area contributed by atoms with Gasteiger partial charge in [-0.25, -0.2) is 4.79 Å². The Labute approximate surface area is 80.5 Å². The standard InChI is InChI=1S/C9H10N2O3/c10-5-2-1-3-6-8(5)14-4-7(11-6)9(12)13/h1-3,7,11H,4,10H2,(H,12,13). The van der Waals surface area contributed by atoms with Gasteiger partial charge in [-0.3, -0.25) is 0 Å². The van der Waals surface area contributed by atoms with Crippen LogP contribution >= 0.6 is 0 Å². The van der Waals surface area contributed by atoms with E-state index in [1.165, 1.54) is 0 Å². The van der Waals surface area contributed by atoms with Crippen LogP contribution in [0.1, 0.15) is 0 Å². The number of nitrogen functional groups attached to an aromatic ring is 1. The molecule has 0 bridgehead atoms. The van der Waals surface area contributed by atoms with E-state index in [2.05, 4.69) is 5.32 Å². The number of aliphatic carboxylic acids is 1. The molecule has 1 heterocycles. The zero-order valence-corrected chi connectivity index (χ0v) is 7.36. The minimum atomic E-state index is -0.932. The third kappa shape index (κ3) is 1.32. The number of nitrogens with one attached hydrogen (secondary N) is 1.